The second kappa shape index (κ2) is 4.16. The van der Waals surface area contributed by atoms with Crippen LogP contribution >= 0.6 is 0 Å². The van der Waals surface area contributed by atoms with E-state index in [1.165, 1.54) is 19.3 Å². The highest BCUT2D eigenvalue weighted by Gasteiger charge is 2.24. The second-order valence-electron chi connectivity index (χ2n) is 4.63. The predicted octanol–water partition coefficient (Wildman–Crippen LogP) is 2.27. The summed E-state index contributed by atoms with van der Waals surface area (Å²) in [5.74, 6) is 0.157. The van der Waals surface area contributed by atoms with Gasteiger partial charge in [0.05, 0.1) is 0 Å². The zero-order valence-corrected chi connectivity index (χ0v) is 9.96. The average Bonchev–Trinajstić information content (AvgIpc) is 2.14. The van der Waals surface area contributed by atoms with Crippen molar-refractivity contribution in [3.8, 4) is 0 Å². The Morgan fingerprint density at radius 3 is 2.62 bits per heavy atom. The summed E-state index contributed by atoms with van der Waals surface area (Å²) >= 11 is 0. The van der Waals surface area contributed by atoms with Gasteiger partial charge in [0.15, 0.2) is 0 Å². The number of nitrogens with one attached hydrogen (secondary N) is 1. The molecule has 86 valence electrons. The largest absolute Gasteiger partial charge is 0.384 e. The Kier molecular flexibility index (Phi) is 2.86. The molecular weight excluding hydrogens is 198 g/mol. The lowest BCUT2D eigenvalue weighted by atomic mass is 9.91. The highest BCUT2D eigenvalue weighted by molar-refractivity contribution is 6.00. The third-order valence-electron chi connectivity index (χ3n) is 3.44. The van der Waals surface area contributed by atoms with Crippen LogP contribution in [0.2, 0.25) is 0 Å². The Morgan fingerprint density at radius 1 is 1.44 bits per heavy atom. The minimum Gasteiger partial charge on any atom is -0.384 e. The molecule has 0 heterocycles. The predicted molar refractivity (Wildman–Crippen MR) is 68.2 cm³/mol. The number of amidine groups is 1. The maximum Gasteiger partial charge on any atom is 0.124 e. The fourth-order valence-electron chi connectivity index (χ4n) is 2.14. The van der Waals surface area contributed by atoms with Gasteiger partial charge < -0.3 is 10.6 Å². The summed E-state index contributed by atoms with van der Waals surface area (Å²) in [4.78, 5) is 2.26. The van der Waals surface area contributed by atoms with E-state index >= 15 is 0 Å². The Balaban J connectivity index is 2.34. The summed E-state index contributed by atoms with van der Waals surface area (Å²) in [5, 5.41) is 7.63. The molecule has 1 aliphatic rings. The SMILES string of the molecule is Cc1ccc(N(C)C2CCC2)c(C(=N)N)c1. The van der Waals surface area contributed by atoms with Crippen LogP contribution in [0.15, 0.2) is 18.2 Å². The van der Waals surface area contributed by atoms with Crippen LogP contribution in [0.3, 0.4) is 0 Å². The van der Waals surface area contributed by atoms with Crippen molar-refractivity contribution in [2.45, 2.75) is 32.2 Å². The van der Waals surface area contributed by atoms with Gasteiger partial charge in [-0.05, 0) is 38.3 Å². The van der Waals surface area contributed by atoms with Crippen molar-refractivity contribution in [1.82, 2.24) is 0 Å². The van der Waals surface area contributed by atoms with Gasteiger partial charge in [-0.3, -0.25) is 5.41 Å². The Morgan fingerprint density at radius 2 is 2.12 bits per heavy atom. The Bertz CT molecular complexity index is 408. The average molecular weight is 217 g/mol. The summed E-state index contributed by atoms with van der Waals surface area (Å²) in [7, 11) is 2.10. The number of nitrogens with two attached hydrogens (primary N) is 1. The van der Waals surface area contributed by atoms with E-state index in [4.69, 9.17) is 11.1 Å². The monoisotopic (exact) mass is 217 g/mol. The van der Waals surface area contributed by atoms with E-state index < -0.39 is 0 Å². The molecule has 0 aromatic heterocycles. The highest BCUT2D eigenvalue weighted by Crippen LogP contribution is 2.30. The van der Waals surface area contributed by atoms with E-state index in [-0.39, 0.29) is 5.84 Å². The highest BCUT2D eigenvalue weighted by atomic mass is 15.1. The minimum absolute atomic E-state index is 0.157. The van der Waals surface area contributed by atoms with Crippen LogP contribution in [0.5, 0.6) is 0 Å². The zero-order valence-electron chi connectivity index (χ0n) is 9.96. The number of nitrogen functional groups attached to an aromatic ring is 1. The molecule has 1 aromatic carbocycles. The molecule has 3 N–H and O–H groups in total. The molecule has 0 unspecified atom stereocenters. The van der Waals surface area contributed by atoms with Crippen molar-refractivity contribution in [1.29, 1.82) is 5.41 Å². The standard InChI is InChI=1S/C13H19N3/c1-9-6-7-12(11(8-9)13(14)15)16(2)10-4-3-5-10/h6-8,10H,3-5H2,1-2H3,(H3,14,15). The van der Waals surface area contributed by atoms with Crippen LogP contribution in [0.4, 0.5) is 5.69 Å². The number of anilines is 1. The fourth-order valence-corrected chi connectivity index (χ4v) is 2.14. The molecular formula is C13H19N3. The smallest absolute Gasteiger partial charge is 0.124 e. The quantitative estimate of drug-likeness (QED) is 0.603. The zero-order chi connectivity index (χ0) is 11.7. The van der Waals surface area contributed by atoms with E-state index in [1.807, 2.05) is 13.0 Å². The number of hydrogen-bond acceptors (Lipinski definition) is 2. The molecule has 0 aliphatic heterocycles. The normalized spacial score (nSPS) is 15.6. The van der Waals surface area contributed by atoms with E-state index in [0.29, 0.717) is 6.04 Å². The van der Waals surface area contributed by atoms with E-state index in [1.54, 1.807) is 0 Å². The summed E-state index contributed by atoms with van der Waals surface area (Å²) in [6.45, 7) is 2.03. The van der Waals surface area contributed by atoms with Crippen LogP contribution in [-0.2, 0) is 0 Å². The summed E-state index contributed by atoms with van der Waals surface area (Å²) in [6.07, 6.45) is 3.82. The van der Waals surface area contributed by atoms with Crippen LogP contribution < -0.4 is 10.6 Å². The fraction of sp³-hybridized carbons (Fsp3) is 0.462. The first-order valence-corrected chi connectivity index (χ1v) is 5.77. The van der Waals surface area contributed by atoms with Crippen LogP contribution in [-0.4, -0.2) is 18.9 Å². The molecule has 3 heteroatoms. The molecule has 1 aliphatic carbocycles. The van der Waals surface area contributed by atoms with Gasteiger partial charge >= 0.3 is 0 Å². The molecule has 1 saturated carbocycles. The van der Waals surface area contributed by atoms with E-state index in [0.717, 1.165) is 16.8 Å². The molecule has 3 nitrogen and oxygen atoms in total. The summed E-state index contributed by atoms with van der Waals surface area (Å²) < 4.78 is 0. The maximum absolute atomic E-state index is 7.63. The van der Waals surface area contributed by atoms with Gasteiger partial charge in [-0.25, -0.2) is 0 Å². The lowest BCUT2D eigenvalue weighted by Gasteiger charge is -2.37. The van der Waals surface area contributed by atoms with Crippen molar-refractivity contribution in [3.05, 3.63) is 29.3 Å². The number of benzene rings is 1. The summed E-state index contributed by atoms with van der Waals surface area (Å²) in [5.41, 5.74) is 8.73. The first-order valence-electron chi connectivity index (χ1n) is 5.77. The van der Waals surface area contributed by atoms with Crippen LogP contribution in [0.25, 0.3) is 0 Å². The van der Waals surface area contributed by atoms with Crippen molar-refractivity contribution < 1.29 is 0 Å². The molecule has 2 rings (SSSR count). The van der Waals surface area contributed by atoms with Gasteiger partial charge in [-0.15, -0.1) is 0 Å². The van der Waals surface area contributed by atoms with Crippen molar-refractivity contribution in [2.24, 2.45) is 5.73 Å². The molecule has 1 aromatic rings. The lowest BCUT2D eigenvalue weighted by molar-refractivity contribution is 0.401. The molecule has 0 saturated heterocycles. The number of nitrogens with zero attached hydrogens (tertiary/aromatic N) is 1. The van der Waals surface area contributed by atoms with Gasteiger partial charge in [0.2, 0.25) is 0 Å². The molecule has 0 spiro atoms. The lowest BCUT2D eigenvalue weighted by Crippen LogP contribution is -2.38. The van der Waals surface area contributed by atoms with Crippen LogP contribution in [0, 0.1) is 12.3 Å². The molecule has 0 radical (unpaired) electrons. The first-order chi connectivity index (χ1) is 7.59. The number of hydrogen-bond donors (Lipinski definition) is 2. The van der Waals surface area contributed by atoms with Gasteiger partial charge in [0, 0.05) is 24.3 Å². The molecule has 16 heavy (non-hydrogen) atoms. The van der Waals surface area contributed by atoms with Gasteiger partial charge in [0.25, 0.3) is 0 Å². The maximum atomic E-state index is 7.63. The molecule has 0 amide bonds. The first kappa shape index (κ1) is 11.0. The van der Waals surface area contributed by atoms with Crippen LogP contribution in [0.1, 0.15) is 30.4 Å². The van der Waals surface area contributed by atoms with Gasteiger partial charge in [0.1, 0.15) is 5.84 Å². The number of rotatable bonds is 3. The third kappa shape index (κ3) is 1.90. The van der Waals surface area contributed by atoms with Gasteiger partial charge in [-0.2, -0.15) is 0 Å². The third-order valence-corrected chi connectivity index (χ3v) is 3.44. The topological polar surface area (TPSA) is 53.1 Å². The van der Waals surface area contributed by atoms with Gasteiger partial charge in [-0.1, -0.05) is 11.6 Å². The number of aryl methyl sites for hydroxylation is 1. The van der Waals surface area contributed by atoms with E-state index in [2.05, 4.69) is 24.1 Å². The molecule has 0 bridgehead atoms. The van der Waals surface area contributed by atoms with Crippen molar-refractivity contribution in [2.75, 3.05) is 11.9 Å². The second-order valence-corrected chi connectivity index (χ2v) is 4.63. The Labute approximate surface area is 96.8 Å². The summed E-state index contributed by atoms with van der Waals surface area (Å²) in [6, 6.07) is 6.77. The minimum atomic E-state index is 0.157. The molecule has 1 fully saturated rings. The Hall–Kier alpha value is -1.51. The molecule has 0 atom stereocenters. The van der Waals surface area contributed by atoms with E-state index in [9.17, 15) is 0 Å². The van der Waals surface area contributed by atoms with Crippen molar-refractivity contribution >= 4 is 11.5 Å². The van der Waals surface area contributed by atoms with Crippen molar-refractivity contribution in [3.63, 3.8) is 0 Å².